The third kappa shape index (κ3) is 4.34. The molecule has 230 valence electrons. The summed E-state index contributed by atoms with van der Waals surface area (Å²) in [7, 11) is 0.705. The van der Waals surface area contributed by atoms with E-state index < -0.39 is 70.1 Å². The fourth-order valence-corrected chi connectivity index (χ4v) is 4.57. The summed E-state index contributed by atoms with van der Waals surface area (Å²) in [6, 6.07) is 0. The van der Waals surface area contributed by atoms with Crippen LogP contribution in [-0.4, -0.2) is 66.6 Å². The summed E-state index contributed by atoms with van der Waals surface area (Å²) in [5.74, 6) is -63.7. The van der Waals surface area contributed by atoms with Crippen LogP contribution in [0.4, 0.5) is 79.6 Å². The number of amides is 1. The van der Waals surface area contributed by atoms with Gasteiger partial charge in [0.1, 0.15) is 5.00 Å². The van der Waals surface area contributed by atoms with Crippen molar-refractivity contribution >= 4 is 28.2 Å². The maximum Gasteiger partial charge on any atom is 0.460 e. The number of carbonyl (C=O) groups excluding carboxylic acids is 2. The Morgan fingerprint density at radius 1 is 0.675 bits per heavy atom. The van der Waals surface area contributed by atoms with E-state index in [9.17, 15) is 84.2 Å². The number of ether oxygens (including phenoxy) is 1. The molecule has 22 heteroatoms. The number of aryl methyl sites for hydroxylation is 1. The van der Waals surface area contributed by atoms with Crippen LogP contribution in [0.15, 0.2) is 0 Å². The van der Waals surface area contributed by atoms with Gasteiger partial charge in [-0.25, -0.2) is 4.79 Å². The minimum Gasteiger partial charge on any atom is -0.465 e. The lowest BCUT2D eigenvalue weighted by atomic mass is 9.89. The van der Waals surface area contributed by atoms with Gasteiger partial charge in [-0.05, 0) is 24.8 Å². The van der Waals surface area contributed by atoms with Crippen LogP contribution in [0.3, 0.4) is 0 Å². The molecular formula is C18H10F17NO3S. The van der Waals surface area contributed by atoms with E-state index in [0.717, 1.165) is 5.32 Å². The summed E-state index contributed by atoms with van der Waals surface area (Å²) in [4.78, 5) is 23.9. The SMILES string of the molecule is COC(=O)c1c(NC(=O)C(F)(F)C(F)(F)C(F)(F)C(F)(F)C(F)(F)C(F)(F)C(F)(F)C(F)(F)F)sc2c1CCC2. The Morgan fingerprint density at radius 2 is 1.10 bits per heavy atom. The molecule has 1 aromatic rings. The van der Waals surface area contributed by atoms with Gasteiger partial charge in [0.25, 0.3) is 0 Å². The lowest BCUT2D eigenvalue weighted by Gasteiger charge is -2.42. The number of fused-ring (bicyclic) bond motifs is 1. The molecule has 2 rings (SSSR count). The molecule has 1 heterocycles. The smallest absolute Gasteiger partial charge is 0.460 e. The molecule has 0 fully saturated rings. The number of rotatable bonds is 9. The molecule has 1 amide bonds. The number of thiophene rings is 1. The molecule has 0 aromatic carbocycles. The van der Waals surface area contributed by atoms with Gasteiger partial charge < -0.3 is 10.1 Å². The van der Waals surface area contributed by atoms with Gasteiger partial charge in [-0.1, -0.05) is 0 Å². The highest BCUT2D eigenvalue weighted by molar-refractivity contribution is 7.17. The zero-order chi connectivity index (χ0) is 31.7. The first-order valence-electron chi connectivity index (χ1n) is 9.85. The average molecular weight is 643 g/mol. The number of hydrogen-bond acceptors (Lipinski definition) is 4. The van der Waals surface area contributed by atoms with E-state index in [0.29, 0.717) is 13.5 Å². The largest absolute Gasteiger partial charge is 0.465 e. The Bertz CT molecular complexity index is 1170. The molecule has 0 saturated heterocycles. The van der Waals surface area contributed by atoms with Crippen molar-refractivity contribution in [3.05, 3.63) is 16.0 Å². The van der Waals surface area contributed by atoms with Gasteiger partial charge in [0.05, 0.1) is 12.7 Å². The zero-order valence-electron chi connectivity index (χ0n) is 18.7. The Labute approximate surface area is 213 Å². The minimum absolute atomic E-state index is 0.00607. The van der Waals surface area contributed by atoms with Crippen LogP contribution in [0.25, 0.3) is 0 Å². The zero-order valence-corrected chi connectivity index (χ0v) is 19.5. The summed E-state index contributed by atoms with van der Waals surface area (Å²) >= 11 is 0.217. The van der Waals surface area contributed by atoms with Crippen LogP contribution in [-0.2, 0) is 22.4 Å². The average Bonchev–Trinajstić information content (AvgIpc) is 3.37. The lowest BCUT2D eigenvalue weighted by molar-refractivity contribution is -0.459. The van der Waals surface area contributed by atoms with E-state index in [1.54, 1.807) is 0 Å². The van der Waals surface area contributed by atoms with Crippen molar-refractivity contribution < 1.29 is 89.0 Å². The van der Waals surface area contributed by atoms with Crippen molar-refractivity contribution in [2.45, 2.75) is 66.9 Å². The van der Waals surface area contributed by atoms with Gasteiger partial charge in [0.15, 0.2) is 0 Å². The number of methoxy groups -OCH3 is 1. The van der Waals surface area contributed by atoms with Crippen molar-refractivity contribution in [2.24, 2.45) is 0 Å². The van der Waals surface area contributed by atoms with E-state index >= 15 is 0 Å². The maximum absolute atomic E-state index is 14.2. The van der Waals surface area contributed by atoms with Crippen molar-refractivity contribution in [1.29, 1.82) is 0 Å². The molecule has 0 bridgehead atoms. The first-order chi connectivity index (χ1) is 17.6. The molecule has 1 aliphatic carbocycles. The van der Waals surface area contributed by atoms with Crippen LogP contribution < -0.4 is 5.32 Å². The van der Waals surface area contributed by atoms with Gasteiger partial charge in [0, 0.05) is 4.88 Å². The van der Waals surface area contributed by atoms with Crippen molar-refractivity contribution in [2.75, 3.05) is 12.4 Å². The lowest BCUT2D eigenvalue weighted by Crippen LogP contribution is -2.75. The molecule has 4 nitrogen and oxygen atoms in total. The molecule has 40 heavy (non-hydrogen) atoms. The van der Waals surface area contributed by atoms with Gasteiger partial charge in [-0.15, -0.1) is 11.3 Å². The number of nitrogens with one attached hydrogen (secondary N) is 1. The molecule has 0 atom stereocenters. The van der Waals surface area contributed by atoms with Crippen LogP contribution in [0.1, 0.15) is 27.2 Å². The standard InChI is InChI=1S/C18H10F17NO3S/c1-39-9(37)7-5-3-2-4-6(5)40-8(7)36-10(38)11(19,20)12(21,22)13(23,24)14(25,26)15(27,28)16(29,30)17(31,32)18(33,34)35/h2-4H2,1H3,(H,36,38). The molecule has 1 aliphatic rings. The molecular weight excluding hydrogens is 633 g/mol. The Hall–Kier alpha value is -2.55. The van der Waals surface area contributed by atoms with Crippen LogP contribution in [0.2, 0.25) is 0 Å². The molecule has 0 unspecified atom stereocenters. The van der Waals surface area contributed by atoms with Crippen molar-refractivity contribution in [1.82, 2.24) is 0 Å². The van der Waals surface area contributed by atoms with E-state index in [-0.39, 0.29) is 34.6 Å². The number of halogens is 17. The van der Waals surface area contributed by atoms with Crippen LogP contribution >= 0.6 is 11.3 Å². The highest BCUT2D eigenvalue weighted by Crippen LogP contribution is 2.64. The number of carbonyl (C=O) groups is 2. The first-order valence-corrected chi connectivity index (χ1v) is 10.7. The summed E-state index contributed by atoms with van der Waals surface area (Å²) in [6.45, 7) is 0. The van der Waals surface area contributed by atoms with Gasteiger partial charge >= 0.3 is 59.5 Å². The van der Waals surface area contributed by atoms with Gasteiger partial charge in [-0.2, -0.15) is 74.6 Å². The van der Waals surface area contributed by atoms with Gasteiger partial charge in [0.2, 0.25) is 0 Å². The predicted octanol–water partition coefficient (Wildman–Crippen LogP) is 6.97. The molecule has 0 spiro atoms. The van der Waals surface area contributed by atoms with E-state index in [1.807, 2.05) is 0 Å². The summed E-state index contributed by atoms with van der Waals surface area (Å²) in [5, 5.41) is -0.299. The Kier molecular flexibility index (Phi) is 7.99. The van der Waals surface area contributed by atoms with Crippen LogP contribution in [0.5, 0.6) is 0 Å². The Morgan fingerprint density at radius 3 is 1.52 bits per heavy atom. The minimum atomic E-state index is -8.80. The second kappa shape index (κ2) is 9.50. The van der Waals surface area contributed by atoms with Gasteiger partial charge in [-0.3, -0.25) is 4.79 Å². The Balaban J connectivity index is 2.56. The highest BCUT2D eigenvalue weighted by atomic mass is 32.1. The topological polar surface area (TPSA) is 55.4 Å². The molecule has 0 aliphatic heterocycles. The maximum atomic E-state index is 14.2. The third-order valence-electron chi connectivity index (χ3n) is 5.55. The summed E-state index contributed by atoms with van der Waals surface area (Å²) in [6.07, 6.45) is -7.42. The van der Waals surface area contributed by atoms with Crippen molar-refractivity contribution in [3.63, 3.8) is 0 Å². The molecule has 1 N–H and O–H groups in total. The molecule has 0 radical (unpaired) electrons. The number of anilines is 1. The van der Waals surface area contributed by atoms with Crippen molar-refractivity contribution in [3.8, 4) is 0 Å². The number of esters is 1. The molecule has 1 aromatic heterocycles. The second-order valence-electron chi connectivity index (χ2n) is 8.03. The van der Waals surface area contributed by atoms with E-state index in [2.05, 4.69) is 4.74 Å². The monoisotopic (exact) mass is 643 g/mol. The predicted molar refractivity (Wildman–Crippen MR) is 97.0 cm³/mol. The summed E-state index contributed by atoms with van der Waals surface area (Å²) < 4.78 is 232. The third-order valence-corrected chi connectivity index (χ3v) is 6.75. The fourth-order valence-electron chi connectivity index (χ4n) is 3.30. The fraction of sp³-hybridized carbons (Fsp3) is 0.667. The number of alkyl halides is 17. The first kappa shape index (κ1) is 33.7. The number of hydrogen-bond donors (Lipinski definition) is 1. The van der Waals surface area contributed by atoms with Crippen LogP contribution in [0, 0.1) is 0 Å². The second-order valence-corrected chi connectivity index (χ2v) is 9.13. The van der Waals surface area contributed by atoms with E-state index in [1.165, 1.54) is 0 Å². The normalized spacial score (nSPS) is 16.1. The quantitative estimate of drug-likeness (QED) is 0.234. The van der Waals surface area contributed by atoms with E-state index in [4.69, 9.17) is 0 Å². The highest BCUT2D eigenvalue weighted by Gasteiger charge is 2.95. The molecule has 0 saturated carbocycles. The summed E-state index contributed by atoms with van der Waals surface area (Å²) in [5.41, 5.74) is -0.767.